The molecule has 0 aliphatic rings. The van der Waals surface area contributed by atoms with Crippen molar-refractivity contribution in [2.45, 2.75) is 19.4 Å². The Hall–Kier alpha value is -1.56. The summed E-state index contributed by atoms with van der Waals surface area (Å²) in [7, 11) is 0. The highest BCUT2D eigenvalue weighted by Gasteiger charge is 2.20. The van der Waals surface area contributed by atoms with Crippen LogP contribution >= 0.6 is 15.9 Å². The van der Waals surface area contributed by atoms with Crippen LogP contribution in [0.2, 0.25) is 0 Å². The Morgan fingerprint density at radius 1 is 1.47 bits per heavy atom. The van der Waals surface area contributed by atoms with E-state index in [0.29, 0.717) is 4.47 Å². The molecule has 0 spiro atoms. The first-order chi connectivity index (χ1) is 7.95. The summed E-state index contributed by atoms with van der Waals surface area (Å²) in [6.45, 7) is 1.65. The molecule has 1 aromatic carbocycles. The molecule has 1 rings (SSSR count). The lowest BCUT2D eigenvalue weighted by Gasteiger charge is -2.13. The third kappa shape index (κ3) is 3.45. The molecule has 92 valence electrons. The second-order valence-electron chi connectivity index (χ2n) is 3.43. The van der Waals surface area contributed by atoms with Gasteiger partial charge in [-0.3, -0.25) is 4.79 Å². The van der Waals surface area contributed by atoms with Crippen LogP contribution in [0.25, 0.3) is 0 Å². The minimum Gasteiger partial charge on any atom is -0.507 e. The molecule has 1 amide bonds. The topological polar surface area (TPSA) is 86.6 Å². The van der Waals surface area contributed by atoms with E-state index in [2.05, 4.69) is 21.2 Å². The molecule has 17 heavy (non-hydrogen) atoms. The molecule has 0 saturated heterocycles. The molecule has 3 N–H and O–H groups in total. The molecular weight excluding hydrogens is 290 g/mol. The van der Waals surface area contributed by atoms with Crippen LogP contribution < -0.4 is 5.32 Å². The molecule has 5 nitrogen and oxygen atoms in total. The summed E-state index contributed by atoms with van der Waals surface area (Å²) >= 11 is 3.17. The van der Waals surface area contributed by atoms with Crippen LogP contribution in [0.3, 0.4) is 0 Å². The maximum Gasteiger partial charge on any atom is 0.326 e. The Kier molecular flexibility index (Phi) is 4.51. The minimum atomic E-state index is -1.10. The number of rotatable bonds is 4. The van der Waals surface area contributed by atoms with Gasteiger partial charge in [0.05, 0.1) is 5.56 Å². The van der Waals surface area contributed by atoms with Crippen LogP contribution in [-0.4, -0.2) is 28.1 Å². The lowest BCUT2D eigenvalue weighted by molar-refractivity contribution is -0.139. The van der Waals surface area contributed by atoms with E-state index in [9.17, 15) is 14.7 Å². The van der Waals surface area contributed by atoms with Crippen molar-refractivity contribution >= 4 is 27.8 Å². The Morgan fingerprint density at radius 3 is 2.65 bits per heavy atom. The SMILES string of the molecule is CC[C@@H](NC(=O)c1cc(Br)ccc1O)C(=O)O. The summed E-state index contributed by atoms with van der Waals surface area (Å²) in [5.74, 6) is -1.90. The van der Waals surface area contributed by atoms with Crippen molar-refractivity contribution in [3.8, 4) is 5.75 Å². The smallest absolute Gasteiger partial charge is 0.326 e. The molecule has 0 radical (unpaired) electrons. The summed E-state index contributed by atoms with van der Waals surface area (Å²) in [5, 5.41) is 20.6. The van der Waals surface area contributed by atoms with E-state index in [1.807, 2.05) is 0 Å². The van der Waals surface area contributed by atoms with Crippen molar-refractivity contribution in [3.05, 3.63) is 28.2 Å². The quantitative estimate of drug-likeness (QED) is 0.791. The third-order valence-corrected chi connectivity index (χ3v) is 2.71. The fraction of sp³-hybridized carbons (Fsp3) is 0.273. The molecule has 0 aromatic heterocycles. The van der Waals surface area contributed by atoms with E-state index in [1.54, 1.807) is 13.0 Å². The average molecular weight is 302 g/mol. The standard InChI is InChI=1S/C11H12BrNO4/c1-2-8(11(16)17)13-10(15)7-5-6(12)3-4-9(7)14/h3-5,8,14H,2H2,1H3,(H,13,15)(H,16,17)/t8-/m1/s1. The highest BCUT2D eigenvalue weighted by Crippen LogP contribution is 2.21. The molecule has 6 heteroatoms. The number of carboxylic acid groups (broad SMARTS) is 1. The molecule has 1 aromatic rings. The zero-order valence-electron chi connectivity index (χ0n) is 9.11. The Morgan fingerprint density at radius 2 is 2.12 bits per heavy atom. The molecule has 0 unspecified atom stereocenters. The number of phenolic OH excluding ortho intramolecular Hbond substituents is 1. The molecule has 0 aliphatic heterocycles. The second-order valence-corrected chi connectivity index (χ2v) is 4.35. The lowest BCUT2D eigenvalue weighted by Crippen LogP contribution is -2.40. The normalized spacial score (nSPS) is 11.9. The number of aromatic hydroxyl groups is 1. The Balaban J connectivity index is 2.89. The fourth-order valence-electron chi connectivity index (χ4n) is 1.26. The maximum absolute atomic E-state index is 11.7. The van der Waals surface area contributed by atoms with Gasteiger partial charge in [-0.25, -0.2) is 4.79 Å². The van der Waals surface area contributed by atoms with Crippen LogP contribution in [0.4, 0.5) is 0 Å². The van der Waals surface area contributed by atoms with Gasteiger partial charge < -0.3 is 15.5 Å². The van der Waals surface area contributed by atoms with Gasteiger partial charge in [-0.15, -0.1) is 0 Å². The van der Waals surface area contributed by atoms with Gasteiger partial charge in [0.1, 0.15) is 11.8 Å². The molecular formula is C11H12BrNO4. The number of carbonyl (C=O) groups is 2. The number of hydrogen-bond acceptors (Lipinski definition) is 3. The number of carboxylic acids is 1. The van der Waals surface area contributed by atoms with E-state index in [-0.39, 0.29) is 17.7 Å². The number of aliphatic carboxylic acids is 1. The van der Waals surface area contributed by atoms with Crippen molar-refractivity contribution < 1.29 is 19.8 Å². The van der Waals surface area contributed by atoms with Crippen molar-refractivity contribution in [1.82, 2.24) is 5.32 Å². The number of halogens is 1. The number of hydrogen-bond donors (Lipinski definition) is 3. The average Bonchev–Trinajstić information content (AvgIpc) is 2.28. The summed E-state index contributed by atoms with van der Waals surface area (Å²) in [6, 6.07) is 3.42. The Bertz CT molecular complexity index is 447. The summed E-state index contributed by atoms with van der Waals surface area (Å²) < 4.78 is 0.629. The van der Waals surface area contributed by atoms with Crippen molar-refractivity contribution in [1.29, 1.82) is 0 Å². The number of phenols is 1. The van der Waals surface area contributed by atoms with Crippen molar-refractivity contribution in [3.63, 3.8) is 0 Å². The van der Waals surface area contributed by atoms with E-state index in [1.165, 1.54) is 12.1 Å². The van der Waals surface area contributed by atoms with Crippen LogP contribution in [-0.2, 0) is 4.79 Å². The largest absolute Gasteiger partial charge is 0.507 e. The number of benzene rings is 1. The predicted molar refractivity (Wildman–Crippen MR) is 65.0 cm³/mol. The lowest BCUT2D eigenvalue weighted by atomic mass is 10.1. The highest BCUT2D eigenvalue weighted by molar-refractivity contribution is 9.10. The summed E-state index contributed by atoms with van der Waals surface area (Å²) in [4.78, 5) is 22.5. The van der Waals surface area contributed by atoms with E-state index in [0.717, 1.165) is 0 Å². The Labute approximate surface area is 107 Å². The van der Waals surface area contributed by atoms with E-state index in [4.69, 9.17) is 5.11 Å². The van der Waals surface area contributed by atoms with E-state index >= 15 is 0 Å². The van der Waals surface area contributed by atoms with E-state index < -0.39 is 17.9 Å². The zero-order chi connectivity index (χ0) is 13.0. The number of carbonyl (C=O) groups excluding carboxylic acids is 1. The first kappa shape index (κ1) is 13.5. The second kappa shape index (κ2) is 5.67. The van der Waals surface area contributed by atoms with Gasteiger partial charge in [0.15, 0.2) is 0 Å². The van der Waals surface area contributed by atoms with Gasteiger partial charge in [0.25, 0.3) is 5.91 Å². The zero-order valence-corrected chi connectivity index (χ0v) is 10.7. The monoisotopic (exact) mass is 301 g/mol. The van der Waals surface area contributed by atoms with Crippen molar-refractivity contribution in [2.75, 3.05) is 0 Å². The maximum atomic E-state index is 11.7. The minimum absolute atomic E-state index is 0.0408. The van der Waals surface area contributed by atoms with Crippen molar-refractivity contribution in [2.24, 2.45) is 0 Å². The van der Waals surface area contributed by atoms with Gasteiger partial charge in [0, 0.05) is 4.47 Å². The fourth-order valence-corrected chi connectivity index (χ4v) is 1.63. The van der Waals surface area contributed by atoms with Gasteiger partial charge in [0.2, 0.25) is 0 Å². The molecule has 0 bridgehead atoms. The van der Waals surface area contributed by atoms with Crippen LogP contribution in [0.15, 0.2) is 22.7 Å². The molecule has 1 atom stereocenters. The summed E-state index contributed by atoms with van der Waals surface area (Å²) in [6.07, 6.45) is 0.274. The highest BCUT2D eigenvalue weighted by atomic mass is 79.9. The molecule has 0 heterocycles. The van der Waals surface area contributed by atoms with Gasteiger partial charge in [-0.1, -0.05) is 22.9 Å². The van der Waals surface area contributed by atoms with Gasteiger partial charge in [-0.2, -0.15) is 0 Å². The predicted octanol–water partition coefficient (Wildman–Crippen LogP) is 1.75. The van der Waals surface area contributed by atoms with Gasteiger partial charge in [-0.05, 0) is 24.6 Å². The van der Waals surface area contributed by atoms with Crippen LogP contribution in [0, 0.1) is 0 Å². The number of nitrogens with one attached hydrogen (secondary N) is 1. The molecule has 0 saturated carbocycles. The number of amides is 1. The first-order valence-electron chi connectivity index (χ1n) is 4.98. The first-order valence-corrected chi connectivity index (χ1v) is 5.77. The summed E-state index contributed by atoms with van der Waals surface area (Å²) in [5.41, 5.74) is 0.0408. The van der Waals surface area contributed by atoms with Crippen LogP contribution in [0.5, 0.6) is 5.75 Å². The van der Waals surface area contributed by atoms with Crippen LogP contribution in [0.1, 0.15) is 23.7 Å². The molecule has 0 aliphatic carbocycles. The van der Waals surface area contributed by atoms with Gasteiger partial charge >= 0.3 is 5.97 Å². The third-order valence-electron chi connectivity index (χ3n) is 2.21. The molecule has 0 fully saturated rings.